The Hall–Kier alpha value is -2.09. The number of carbonyl (C=O) groups excluding carboxylic acids is 1. The molecule has 2 nitrogen and oxygen atoms in total. The van der Waals surface area contributed by atoms with Crippen LogP contribution >= 0.6 is 0 Å². The Kier molecular flexibility index (Phi) is 4.84. The molecule has 2 aromatic carbocycles. The van der Waals surface area contributed by atoms with Gasteiger partial charge in [0.05, 0.1) is 11.5 Å². The van der Waals surface area contributed by atoms with Gasteiger partial charge in [0.2, 0.25) is 5.91 Å². The van der Waals surface area contributed by atoms with E-state index in [1.54, 1.807) is 0 Å². The third-order valence-electron chi connectivity index (χ3n) is 6.44. The van der Waals surface area contributed by atoms with Gasteiger partial charge in [-0.1, -0.05) is 61.4 Å². The summed E-state index contributed by atoms with van der Waals surface area (Å²) < 4.78 is 0. The van der Waals surface area contributed by atoms with Gasteiger partial charge in [0.15, 0.2) is 0 Å². The SMILES string of the molecule is C[C@@H](NC(=O)C1(c2ccccc2)CCCC1)c1ccc2c(c1)CCCC2. The van der Waals surface area contributed by atoms with Crippen LogP contribution in [0, 0.1) is 0 Å². The summed E-state index contributed by atoms with van der Waals surface area (Å²) in [6.45, 7) is 2.12. The number of fused-ring (bicyclic) bond motifs is 1. The summed E-state index contributed by atoms with van der Waals surface area (Å²) in [4.78, 5) is 13.3. The van der Waals surface area contributed by atoms with Gasteiger partial charge in [-0.2, -0.15) is 0 Å². The van der Waals surface area contributed by atoms with Crippen LogP contribution in [0.3, 0.4) is 0 Å². The summed E-state index contributed by atoms with van der Waals surface area (Å²) in [6.07, 6.45) is 9.16. The van der Waals surface area contributed by atoms with E-state index in [1.165, 1.54) is 47.9 Å². The maximum atomic E-state index is 13.3. The first-order valence-corrected chi connectivity index (χ1v) is 10.2. The first-order valence-electron chi connectivity index (χ1n) is 10.2. The molecule has 2 heteroatoms. The number of carbonyl (C=O) groups is 1. The van der Waals surface area contributed by atoms with Crippen LogP contribution in [0.25, 0.3) is 0 Å². The van der Waals surface area contributed by atoms with Crippen LogP contribution in [0.2, 0.25) is 0 Å². The molecule has 0 aliphatic heterocycles. The standard InChI is InChI=1S/C24H29NO/c1-18(20-14-13-19-9-5-6-10-21(19)17-20)25-23(26)24(15-7-8-16-24)22-11-3-2-4-12-22/h2-4,11-14,17-18H,5-10,15-16H2,1H3,(H,25,26)/t18-/m1/s1. The summed E-state index contributed by atoms with van der Waals surface area (Å²) in [5, 5.41) is 3.35. The van der Waals surface area contributed by atoms with E-state index in [1.807, 2.05) is 6.07 Å². The summed E-state index contributed by atoms with van der Waals surface area (Å²) in [5.41, 5.74) is 5.04. The third-order valence-corrected chi connectivity index (χ3v) is 6.44. The Morgan fingerprint density at radius 3 is 2.35 bits per heavy atom. The van der Waals surface area contributed by atoms with Crippen molar-refractivity contribution in [3.63, 3.8) is 0 Å². The van der Waals surface area contributed by atoms with E-state index in [9.17, 15) is 4.79 Å². The summed E-state index contributed by atoms with van der Waals surface area (Å²) >= 11 is 0. The highest BCUT2D eigenvalue weighted by Gasteiger charge is 2.42. The Morgan fingerprint density at radius 2 is 1.62 bits per heavy atom. The van der Waals surface area contributed by atoms with E-state index in [-0.39, 0.29) is 17.4 Å². The smallest absolute Gasteiger partial charge is 0.231 e. The zero-order valence-corrected chi connectivity index (χ0v) is 15.8. The fourth-order valence-electron chi connectivity index (χ4n) is 4.82. The molecule has 2 aliphatic rings. The van der Waals surface area contributed by atoms with Crippen LogP contribution in [0.5, 0.6) is 0 Å². The van der Waals surface area contributed by atoms with Crippen molar-refractivity contribution in [1.82, 2.24) is 5.32 Å². The van der Waals surface area contributed by atoms with E-state index in [2.05, 4.69) is 54.7 Å². The molecule has 4 rings (SSSR count). The first kappa shape index (κ1) is 17.3. The predicted molar refractivity (Wildman–Crippen MR) is 106 cm³/mol. The molecule has 0 unspecified atom stereocenters. The molecular weight excluding hydrogens is 318 g/mol. The van der Waals surface area contributed by atoms with Gasteiger partial charge in [-0.3, -0.25) is 4.79 Å². The summed E-state index contributed by atoms with van der Waals surface area (Å²) in [6, 6.07) is 17.2. The van der Waals surface area contributed by atoms with Gasteiger partial charge in [-0.05, 0) is 67.7 Å². The second kappa shape index (κ2) is 7.26. The van der Waals surface area contributed by atoms with Crippen LogP contribution < -0.4 is 5.32 Å². The lowest BCUT2D eigenvalue weighted by atomic mass is 9.77. The molecule has 0 spiro atoms. The van der Waals surface area contributed by atoms with Crippen LogP contribution in [0.1, 0.15) is 73.7 Å². The molecule has 26 heavy (non-hydrogen) atoms. The Balaban J connectivity index is 1.55. The second-order valence-corrected chi connectivity index (χ2v) is 8.09. The van der Waals surface area contributed by atoms with E-state index in [0.29, 0.717) is 0 Å². The Morgan fingerprint density at radius 1 is 0.923 bits per heavy atom. The van der Waals surface area contributed by atoms with E-state index >= 15 is 0 Å². The summed E-state index contributed by atoms with van der Waals surface area (Å²) in [7, 11) is 0. The monoisotopic (exact) mass is 347 g/mol. The van der Waals surface area contributed by atoms with Gasteiger partial charge < -0.3 is 5.32 Å². The number of hydrogen-bond acceptors (Lipinski definition) is 1. The average Bonchev–Trinajstić information content (AvgIpc) is 3.19. The van der Waals surface area contributed by atoms with E-state index in [4.69, 9.17) is 0 Å². The van der Waals surface area contributed by atoms with Gasteiger partial charge in [0.1, 0.15) is 0 Å². The molecule has 1 amide bonds. The molecule has 0 saturated heterocycles. The molecule has 0 heterocycles. The average molecular weight is 348 g/mol. The van der Waals surface area contributed by atoms with E-state index in [0.717, 1.165) is 25.7 Å². The number of aryl methyl sites for hydroxylation is 2. The largest absolute Gasteiger partial charge is 0.349 e. The minimum absolute atomic E-state index is 0.0518. The van der Waals surface area contributed by atoms with Crippen molar-refractivity contribution in [3.8, 4) is 0 Å². The van der Waals surface area contributed by atoms with Gasteiger partial charge in [-0.15, -0.1) is 0 Å². The fourth-order valence-corrected chi connectivity index (χ4v) is 4.82. The lowest BCUT2D eigenvalue weighted by molar-refractivity contribution is -0.127. The van der Waals surface area contributed by atoms with Crippen molar-refractivity contribution < 1.29 is 4.79 Å². The molecule has 1 fully saturated rings. The number of hydrogen-bond donors (Lipinski definition) is 1. The molecule has 136 valence electrons. The molecule has 1 atom stereocenters. The maximum Gasteiger partial charge on any atom is 0.231 e. The molecule has 0 radical (unpaired) electrons. The molecule has 0 bridgehead atoms. The number of nitrogens with one attached hydrogen (secondary N) is 1. The predicted octanol–water partition coefficient (Wildman–Crippen LogP) is 5.25. The highest BCUT2D eigenvalue weighted by atomic mass is 16.2. The van der Waals surface area contributed by atoms with Gasteiger partial charge >= 0.3 is 0 Å². The van der Waals surface area contributed by atoms with Crippen molar-refractivity contribution >= 4 is 5.91 Å². The zero-order chi connectivity index (χ0) is 18.0. The van der Waals surface area contributed by atoms with E-state index < -0.39 is 0 Å². The molecule has 2 aromatic rings. The fraction of sp³-hybridized carbons (Fsp3) is 0.458. The first-order chi connectivity index (χ1) is 12.7. The van der Waals surface area contributed by atoms with Crippen molar-refractivity contribution in [2.45, 2.75) is 69.7 Å². The number of rotatable bonds is 4. The Labute approximate surface area is 157 Å². The van der Waals surface area contributed by atoms with Crippen molar-refractivity contribution in [2.75, 3.05) is 0 Å². The molecule has 1 saturated carbocycles. The molecule has 2 aliphatic carbocycles. The maximum absolute atomic E-state index is 13.3. The number of amides is 1. The van der Waals surface area contributed by atoms with Crippen molar-refractivity contribution in [2.24, 2.45) is 0 Å². The van der Waals surface area contributed by atoms with Crippen LogP contribution in [0.15, 0.2) is 48.5 Å². The lowest BCUT2D eigenvalue weighted by Crippen LogP contribution is -2.43. The highest BCUT2D eigenvalue weighted by Crippen LogP contribution is 2.41. The molecule has 1 N–H and O–H groups in total. The normalized spacial score (nSPS) is 19.6. The minimum atomic E-state index is -0.344. The van der Waals surface area contributed by atoms with Crippen LogP contribution in [-0.2, 0) is 23.1 Å². The van der Waals surface area contributed by atoms with Gasteiger partial charge in [-0.25, -0.2) is 0 Å². The van der Waals surface area contributed by atoms with Crippen molar-refractivity contribution in [3.05, 3.63) is 70.8 Å². The summed E-state index contributed by atoms with van der Waals surface area (Å²) in [5.74, 6) is 0.200. The molecule has 0 aromatic heterocycles. The van der Waals surface area contributed by atoms with Crippen LogP contribution in [0.4, 0.5) is 0 Å². The number of benzene rings is 2. The lowest BCUT2D eigenvalue weighted by Gasteiger charge is -2.30. The van der Waals surface area contributed by atoms with Crippen molar-refractivity contribution in [1.29, 1.82) is 0 Å². The molecular formula is C24H29NO. The zero-order valence-electron chi connectivity index (χ0n) is 15.8. The van der Waals surface area contributed by atoms with Crippen LogP contribution in [-0.4, -0.2) is 5.91 Å². The Bertz CT molecular complexity index is 774. The minimum Gasteiger partial charge on any atom is -0.349 e. The highest BCUT2D eigenvalue weighted by molar-refractivity contribution is 5.89. The second-order valence-electron chi connectivity index (χ2n) is 8.09. The van der Waals surface area contributed by atoms with Gasteiger partial charge in [0.25, 0.3) is 0 Å². The third kappa shape index (κ3) is 3.18. The van der Waals surface area contributed by atoms with Gasteiger partial charge in [0, 0.05) is 0 Å². The topological polar surface area (TPSA) is 29.1 Å². The quantitative estimate of drug-likeness (QED) is 0.803.